The summed E-state index contributed by atoms with van der Waals surface area (Å²) >= 11 is 6.09. The summed E-state index contributed by atoms with van der Waals surface area (Å²) in [6.07, 6.45) is 3.14. The van der Waals surface area contributed by atoms with Gasteiger partial charge in [0.25, 0.3) is 0 Å². The minimum atomic E-state index is -0.0846. The van der Waals surface area contributed by atoms with Crippen LogP contribution in [0.2, 0.25) is 5.02 Å². The van der Waals surface area contributed by atoms with Crippen molar-refractivity contribution < 1.29 is 4.79 Å². The Labute approximate surface area is 140 Å². The first-order valence-corrected chi connectivity index (χ1v) is 7.71. The van der Waals surface area contributed by atoms with Gasteiger partial charge in [-0.15, -0.1) is 0 Å². The second-order valence-corrected chi connectivity index (χ2v) is 5.31. The fraction of sp³-hybridized carbons (Fsp3) is 0.235. The highest BCUT2D eigenvalue weighted by atomic mass is 35.5. The van der Waals surface area contributed by atoms with Crippen LogP contribution in [0.1, 0.15) is 29.8 Å². The lowest BCUT2D eigenvalue weighted by molar-refractivity contribution is 0.101. The van der Waals surface area contributed by atoms with Gasteiger partial charge < -0.3 is 5.73 Å². The Morgan fingerprint density at radius 1 is 1.26 bits per heavy atom. The monoisotopic (exact) mass is 330 g/mol. The highest BCUT2D eigenvalue weighted by Crippen LogP contribution is 2.25. The number of Topliss-reactive ketones (excluding diaryl/α,β-unsaturated/α-hetero) is 1. The normalized spacial score (nSPS) is 10.3. The number of benzene rings is 1. The summed E-state index contributed by atoms with van der Waals surface area (Å²) in [6, 6.07) is 9.99. The summed E-state index contributed by atoms with van der Waals surface area (Å²) < 4.78 is 1.74. The molecule has 0 amide bonds. The SMILES string of the molecule is CCn1ncc2c(Cl)c(C(C)=O)cnc21.NCc1ccccc1. The molecular weight excluding hydrogens is 312 g/mol. The number of hydrogen-bond acceptors (Lipinski definition) is 4. The third-order valence-electron chi connectivity index (χ3n) is 3.36. The summed E-state index contributed by atoms with van der Waals surface area (Å²) in [5.41, 5.74) is 7.70. The van der Waals surface area contributed by atoms with Crippen LogP contribution in [-0.4, -0.2) is 20.5 Å². The van der Waals surface area contributed by atoms with Gasteiger partial charge in [-0.2, -0.15) is 5.10 Å². The van der Waals surface area contributed by atoms with Gasteiger partial charge in [0.1, 0.15) is 0 Å². The number of aryl methyl sites for hydroxylation is 1. The summed E-state index contributed by atoms with van der Waals surface area (Å²) in [7, 11) is 0. The number of fused-ring (bicyclic) bond motifs is 1. The largest absolute Gasteiger partial charge is 0.326 e. The van der Waals surface area contributed by atoms with E-state index in [9.17, 15) is 4.79 Å². The van der Waals surface area contributed by atoms with Gasteiger partial charge in [0.15, 0.2) is 11.4 Å². The van der Waals surface area contributed by atoms with Gasteiger partial charge in [-0.3, -0.25) is 4.79 Å². The van der Waals surface area contributed by atoms with Crippen molar-refractivity contribution in [2.75, 3.05) is 0 Å². The number of hydrogen-bond donors (Lipinski definition) is 1. The smallest absolute Gasteiger partial charge is 0.162 e. The molecule has 0 atom stereocenters. The fourth-order valence-corrected chi connectivity index (χ4v) is 2.40. The predicted molar refractivity (Wildman–Crippen MR) is 92.5 cm³/mol. The Morgan fingerprint density at radius 2 is 1.96 bits per heavy atom. The van der Waals surface area contributed by atoms with Crippen molar-refractivity contribution in [2.45, 2.75) is 26.9 Å². The molecule has 0 saturated carbocycles. The quantitative estimate of drug-likeness (QED) is 0.746. The minimum absolute atomic E-state index is 0.0846. The maximum absolute atomic E-state index is 11.2. The zero-order valence-electron chi connectivity index (χ0n) is 13.2. The lowest BCUT2D eigenvalue weighted by Gasteiger charge is -2.01. The number of nitrogens with zero attached hydrogens (tertiary/aromatic N) is 3. The maximum atomic E-state index is 11.2. The molecule has 0 aliphatic rings. The Morgan fingerprint density at radius 3 is 2.48 bits per heavy atom. The molecule has 120 valence electrons. The van der Waals surface area contributed by atoms with Gasteiger partial charge in [0.2, 0.25) is 0 Å². The number of pyridine rings is 1. The van der Waals surface area contributed by atoms with Crippen molar-refractivity contribution >= 4 is 28.4 Å². The molecule has 0 fully saturated rings. The molecule has 1 aromatic carbocycles. The molecule has 0 bridgehead atoms. The van der Waals surface area contributed by atoms with Crippen molar-refractivity contribution in [1.82, 2.24) is 14.8 Å². The van der Waals surface area contributed by atoms with Crippen LogP contribution in [0.3, 0.4) is 0 Å². The third kappa shape index (κ3) is 3.94. The van der Waals surface area contributed by atoms with Crippen LogP contribution in [0.5, 0.6) is 0 Å². The number of ketones is 1. The van der Waals surface area contributed by atoms with Crippen LogP contribution in [0.15, 0.2) is 42.7 Å². The summed E-state index contributed by atoms with van der Waals surface area (Å²) in [5.74, 6) is -0.0846. The van der Waals surface area contributed by atoms with Gasteiger partial charge in [-0.1, -0.05) is 41.9 Å². The van der Waals surface area contributed by atoms with Gasteiger partial charge in [-0.05, 0) is 19.4 Å². The van der Waals surface area contributed by atoms with E-state index in [2.05, 4.69) is 10.1 Å². The Hall–Kier alpha value is -2.24. The van der Waals surface area contributed by atoms with Crippen molar-refractivity contribution in [1.29, 1.82) is 0 Å². The molecule has 0 unspecified atom stereocenters. The maximum Gasteiger partial charge on any atom is 0.162 e. The predicted octanol–water partition coefficient (Wildman–Crippen LogP) is 3.45. The molecule has 6 heteroatoms. The first-order chi connectivity index (χ1) is 11.1. The molecule has 5 nitrogen and oxygen atoms in total. The van der Waals surface area contributed by atoms with E-state index in [1.807, 2.05) is 37.3 Å². The summed E-state index contributed by atoms with van der Waals surface area (Å²) in [6.45, 7) is 4.81. The molecule has 0 spiro atoms. The van der Waals surface area contributed by atoms with E-state index in [1.54, 1.807) is 10.9 Å². The standard InChI is InChI=1S/C10H10ClN3O.C7H9N/c1-3-14-10-8(5-13-14)9(11)7(4-12-10)6(2)15;8-6-7-4-2-1-3-5-7/h4-5H,3H2,1-2H3;1-5H,6,8H2. The number of halogens is 1. The molecule has 2 heterocycles. The number of aromatic nitrogens is 3. The lowest BCUT2D eigenvalue weighted by atomic mass is 10.2. The van der Waals surface area contributed by atoms with E-state index in [1.165, 1.54) is 18.7 Å². The molecule has 0 radical (unpaired) electrons. The van der Waals surface area contributed by atoms with E-state index >= 15 is 0 Å². The van der Waals surface area contributed by atoms with Crippen LogP contribution in [0, 0.1) is 0 Å². The van der Waals surface area contributed by atoms with Crippen molar-refractivity contribution in [3.8, 4) is 0 Å². The van der Waals surface area contributed by atoms with E-state index in [0.29, 0.717) is 22.8 Å². The van der Waals surface area contributed by atoms with Crippen molar-refractivity contribution in [2.24, 2.45) is 5.73 Å². The van der Waals surface area contributed by atoms with Gasteiger partial charge in [0.05, 0.1) is 22.2 Å². The number of nitrogens with two attached hydrogens (primary N) is 1. The molecule has 2 N–H and O–H groups in total. The molecule has 0 aliphatic heterocycles. The molecule has 0 aliphatic carbocycles. The minimum Gasteiger partial charge on any atom is -0.326 e. The topological polar surface area (TPSA) is 73.8 Å². The molecule has 3 rings (SSSR count). The molecule has 3 aromatic rings. The second kappa shape index (κ2) is 7.85. The molecule has 0 saturated heterocycles. The number of carbonyl (C=O) groups is 1. The number of carbonyl (C=O) groups excluding carboxylic acids is 1. The molecule has 2 aromatic heterocycles. The molecule has 23 heavy (non-hydrogen) atoms. The molecular formula is C17H19ClN4O. The number of rotatable bonds is 3. The van der Waals surface area contributed by atoms with E-state index in [4.69, 9.17) is 17.3 Å². The Kier molecular flexibility index (Phi) is 5.84. The van der Waals surface area contributed by atoms with Crippen LogP contribution in [0.4, 0.5) is 0 Å². The zero-order chi connectivity index (χ0) is 16.8. The third-order valence-corrected chi connectivity index (χ3v) is 3.77. The van der Waals surface area contributed by atoms with Gasteiger partial charge in [0, 0.05) is 19.3 Å². The van der Waals surface area contributed by atoms with Crippen molar-refractivity contribution in [3.05, 3.63) is 58.9 Å². The summed E-state index contributed by atoms with van der Waals surface area (Å²) in [5, 5.41) is 5.30. The van der Waals surface area contributed by atoms with Crippen LogP contribution < -0.4 is 5.73 Å². The average molecular weight is 331 g/mol. The van der Waals surface area contributed by atoms with Gasteiger partial charge in [-0.25, -0.2) is 9.67 Å². The van der Waals surface area contributed by atoms with E-state index in [0.717, 1.165) is 11.9 Å². The Balaban J connectivity index is 0.000000203. The van der Waals surface area contributed by atoms with Crippen molar-refractivity contribution in [3.63, 3.8) is 0 Å². The van der Waals surface area contributed by atoms with Gasteiger partial charge >= 0.3 is 0 Å². The van der Waals surface area contributed by atoms with Crippen LogP contribution in [-0.2, 0) is 13.1 Å². The Bertz CT molecular complexity index is 799. The summed E-state index contributed by atoms with van der Waals surface area (Å²) in [4.78, 5) is 15.4. The van der Waals surface area contributed by atoms with Crippen LogP contribution in [0.25, 0.3) is 11.0 Å². The lowest BCUT2D eigenvalue weighted by Crippen LogP contribution is -1.99. The van der Waals surface area contributed by atoms with E-state index in [-0.39, 0.29) is 5.78 Å². The van der Waals surface area contributed by atoms with Crippen LogP contribution >= 0.6 is 11.6 Å². The first kappa shape index (κ1) is 17.1. The van der Waals surface area contributed by atoms with E-state index < -0.39 is 0 Å². The highest BCUT2D eigenvalue weighted by Gasteiger charge is 2.13. The average Bonchev–Trinajstić information content (AvgIpc) is 3.00. The highest BCUT2D eigenvalue weighted by molar-refractivity contribution is 6.38. The first-order valence-electron chi connectivity index (χ1n) is 7.33. The zero-order valence-corrected chi connectivity index (χ0v) is 13.9. The second-order valence-electron chi connectivity index (χ2n) is 4.93. The fourth-order valence-electron chi connectivity index (χ4n) is 2.09.